The summed E-state index contributed by atoms with van der Waals surface area (Å²) in [5.41, 5.74) is 1.88. The number of hydrogen-bond acceptors (Lipinski definition) is 6. The van der Waals surface area contributed by atoms with E-state index in [1.807, 2.05) is 58.0 Å². The number of carbonyl (C=O) groups excluding carboxylic acids is 2. The Kier molecular flexibility index (Phi) is 12.2. The number of nitrogens with one attached hydrogen (secondary N) is 1. The summed E-state index contributed by atoms with van der Waals surface area (Å²) in [6.07, 6.45) is 0.159. The highest BCUT2D eigenvalue weighted by Crippen LogP contribution is 2.33. The number of rotatable bonds is 13. The minimum Gasteiger partial charge on any atom is -0.493 e. The SMILES string of the molecule is COc1ccc(S(=O)(=O)N(CC(=O)N(Cc2ccc(Cl)cc2Cl)[C@@H](Cc2ccccc2)C(=O)NC(C)(C)C)c2ccc(C)cc2)cc1OC. The van der Waals surface area contributed by atoms with Crippen molar-refractivity contribution in [3.05, 3.63) is 118 Å². The van der Waals surface area contributed by atoms with Gasteiger partial charge >= 0.3 is 0 Å². The number of nitrogens with zero attached hydrogens (tertiary/aromatic N) is 2. The lowest BCUT2D eigenvalue weighted by Gasteiger charge is -2.35. The van der Waals surface area contributed by atoms with Crippen molar-refractivity contribution in [2.45, 2.75) is 57.1 Å². The molecule has 12 heteroatoms. The van der Waals surface area contributed by atoms with Crippen molar-refractivity contribution in [2.24, 2.45) is 0 Å². The first-order chi connectivity index (χ1) is 23.1. The Hall–Kier alpha value is -4.25. The van der Waals surface area contributed by atoms with Gasteiger partial charge in [-0.1, -0.05) is 77.3 Å². The molecule has 4 aromatic carbocycles. The van der Waals surface area contributed by atoms with Crippen molar-refractivity contribution in [1.82, 2.24) is 10.2 Å². The molecule has 1 atom stereocenters. The molecule has 0 fully saturated rings. The first-order valence-corrected chi connectivity index (χ1v) is 17.7. The van der Waals surface area contributed by atoms with E-state index in [0.717, 1.165) is 15.4 Å². The van der Waals surface area contributed by atoms with E-state index in [-0.39, 0.29) is 29.3 Å². The van der Waals surface area contributed by atoms with E-state index in [1.165, 1.54) is 37.3 Å². The molecule has 2 amide bonds. The molecule has 0 saturated carbocycles. The van der Waals surface area contributed by atoms with Crippen LogP contribution in [0.5, 0.6) is 11.5 Å². The first kappa shape index (κ1) is 37.6. The number of sulfonamides is 1. The van der Waals surface area contributed by atoms with E-state index < -0.39 is 40.0 Å². The van der Waals surface area contributed by atoms with Gasteiger partial charge in [-0.05, 0) is 75.2 Å². The minimum absolute atomic E-state index is 0.0952. The molecular formula is C37H41Cl2N3O6S. The van der Waals surface area contributed by atoms with Crippen LogP contribution in [0.1, 0.15) is 37.5 Å². The van der Waals surface area contributed by atoms with Gasteiger partial charge in [0.05, 0.1) is 24.8 Å². The number of anilines is 1. The molecule has 0 radical (unpaired) electrons. The molecule has 0 aromatic heterocycles. The van der Waals surface area contributed by atoms with Crippen LogP contribution in [0.2, 0.25) is 10.0 Å². The van der Waals surface area contributed by atoms with Crippen LogP contribution >= 0.6 is 23.2 Å². The van der Waals surface area contributed by atoms with Gasteiger partial charge in [0.2, 0.25) is 11.8 Å². The molecule has 260 valence electrons. The molecular weight excluding hydrogens is 685 g/mol. The zero-order valence-electron chi connectivity index (χ0n) is 28.4. The maximum atomic E-state index is 14.7. The molecule has 0 aliphatic carbocycles. The van der Waals surface area contributed by atoms with Crippen LogP contribution in [-0.2, 0) is 32.6 Å². The molecule has 49 heavy (non-hydrogen) atoms. The second kappa shape index (κ2) is 16.0. The minimum atomic E-state index is -4.37. The van der Waals surface area contributed by atoms with Gasteiger partial charge in [-0.3, -0.25) is 13.9 Å². The van der Waals surface area contributed by atoms with Crippen LogP contribution in [-0.4, -0.2) is 57.5 Å². The molecule has 9 nitrogen and oxygen atoms in total. The summed E-state index contributed by atoms with van der Waals surface area (Å²) in [5.74, 6) is -0.473. The Morgan fingerprint density at radius 1 is 0.857 bits per heavy atom. The van der Waals surface area contributed by atoms with Gasteiger partial charge in [0.25, 0.3) is 10.0 Å². The number of methoxy groups -OCH3 is 2. The summed E-state index contributed by atoms with van der Waals surface area (Å²) in [4.78, 5) is 30.0. The maximum Gasteiger partial charge on any atom is 0.264 e. The third-order valence-corrected chi connectivity index (χ3v) is 10.0. The molecule has 0 bridgehead atoms. The van der Waals surface area contributed by atoms with Crippen LogP contribution in [0.25, 0.3) is 0 Å². The Morgan fingerprint density at radius 3 is 2.10 bits per heavy atom. The van der Waals surface area contributed by atoms with E-state index >= 15 is 0 Å². The number of carbonyl (C=O) groups is 2. The number of halogens is 2. The summed E-state index contributed by atoms with van der Waals surface area (Å²) in [6, 6.07) is 24.2. The van der Waals surface area contributed by atoms with Gasteiger partial charge in [-0.25, -0.2) is 8.42 Å². The van der Waals surface area contributed by atoms with Crippen molar-refractivity contribution in [3.63, 3.8) is 0 Å². The summed E-state index contributed by atoms with van der Waals surface area (Å²) in [7, 11) is -1.51. The lowest BCUT2D eigenvalue weighted by molar-refractivity contribution is -0.140. The molecule has 0 aliphatic rings. The van der Waals surface area contributed by atoms with E-state index in [2.05, 4.69) is 5.32 Å². The van der Waals surface area contributed by atoms with E-state index in [9.17, 15) is 18.0 Å². The molecule has 0 aliphatic heterocycles. The second-order valence-corrected chi connectivity index (χ2v) is 15.3. The monoisotopic (exact) mass is 725 g/mol. The molecule has 0 unspecified atom stereocenters. The lowest BCUT2D eigenvalue weighted by atomic mass is 10.0. The highest BCUT2D eigenvalue weighted by molar-refractivity contribution is 7.92. The normalized spacial score (nSPS) is 12.2. The largest absolute Gasteiger partial charge is 0.493 e. The molecule has 4 rings (SSSR count). The second-order valence-electron chi connectivity index (χ2n) is 12.6. The topological polar surface area (TPSA) is 105 Å². The fraction of sp³-hybridized carbons (Fsp3) is 0.297. The fourth-order valence-electron chi connectivity index (χ4n) is 5.18. The Balaban J connectivity index is 1.86. The van der Waals surface area contributed by atoms with Gasteiger partial charge < -0.3 is 19.7 Å². The van der Waals surface area contributed by atoms with Gasteiger partial charge in [-0.15, -0.1) is 0 Å². The van der Waals surface area contributed by atoms with Crippen LogP contribution in [0, 0.1) is 6.92 Å². The first-order valence-electron chi connectivity index (χ1n) is 15.5. The number of ether oxygens (including phenoxy) is 2. The molecule has 0 heterocycles. The highest BCUT2D eigenvalue weighted by atomic mass is 35.5. The van der Waals surface area contributed by atoms with E-state index in [4.69, 9.17) is 32.7 Å². The van der Waals surface area contributed by atoms with E-state index in [1.54, 1.807) is 42.5 Å². The molecule has 0 saturated heterocycles. The van der Waals surface area contributed by atoms with Crippen molar-refractivity contribution in [1.29, 1.82) is 0 Å². The van der Waals surface area contributed by atoms with Gasteiger partial charge in [0.1, 0.15) is 12.6 Å². The third-order valence-electron chi connectivity index (χ3n) is 7.67. The van der Waals surface area contributed by atoms with Gasteiger partial charge in [0.15, 0.2) is 11.5 Å². The Morgan fingerprint density at radius 2 is 1.51 bits per heavy atom. The van der Waals surface area contributed by atoms with Crippen molar-refractivity contribution in [2.75, 3.05) is 25.1 Å². The lowest BCUT2D eigenvalue weighted by Crippen LogP contribution is -2.56. The molecule has 1 N–H and O–H groups in total. The van der Waals surface area contributed by atoms with Crippen molar-refractivity contribution < 1.29 is 27.5 Å². The van der Waals surface area contributed by atoms with E-state index in [0.29, 0.717) is 21.4 Å². The highest BCUT2D eigenvalue weighted by Gasteiger charge is 2.36. The molecule has 4 aromatic rings. The number of amides is 2. The number of aryl methyl sites for hydroxylation is 1. The van der Waals surface area contributed by atoms with Crippen LogP contribution in [0.3, 0.4) is 0 Å². The number of hydrogen-bond donors (Lipinski definition) is 1. The van der Waals surface area contributed by atoms with Gasteiger partial charge in [-0.2, -0.15) is 0 Å². The Labute approximate surface area is 298 Å². The summed E-state index contributed by atoms with van der Waals surface area (Å²) < 4.78 is 40.6. The van der Waals surface area contributed by atoms with Crippen molar-refractivity contribution in [3.8, 4) is 11.5 Å². The van der Waals surface area contributed by atoms with Crippen LogP contribution < -0.4 is 19.1 Å². The zero-order valence-corrected chi connectivity index (χ0v) is 30.7. The van der Waals surface area contributed by atoms with Crippen LogP contribution in [0.4, 0.5) is 5.69 Å². The summed E-state index contributed by atoms with van der Waals surface area (Å²) in [6.45, 7) is 6.70. The summed E-state index contributed by atoms with van der Waals surface area (Å²) >= 11 is 12.8. The molecule has 0 spiro atoms. The standard InChI is InChI=1S/C37H41Cl2N3O6S/c1-25-12-16-29(17-13-25)42(49(45,46)30-18-19-33(47-5)34(22-30)48-6)24-35(43)41(23-27-14-15-28(38)21-31(27)39)32(36(44)40-37(2,3)4)20-26-10-8-7-9-11-26/h7-19,21-22,32H,20,23-24H2,1-6H3,(H,40,44)/t32-/m0/s1. The van der Waals surface area contributed by atoms with Gasteiger partial charge in [0, 0.05) is 34.6 Å². The van der Waals surface area contributed by atoms with Crippen LogP contribution in [0.15, 0.2) is 95.9 Å². The smallest absolute Gasteiger partial charge is 0.264 e. The summed E-state index contributed by atoms with van der Waals surface area (Å²) in [5, 5.41) is 3.72. The number of benzene rings is 4. The maximum absolute atomic E-state index is 14.7. The zero-order chi connectivity index (χ0) is 35.9. The third kappa shape index (κ3) is 9.68. The predicted molar refractivity (Wildman–Crippen MR) is 194 cm³/mol. The fourth-order valence-corrected chi connectivity index (χ4v) is 7.08. The Bertz CT molecular complexity index is 1880. The van der Waals surface area contributed by atoms with Crippen molar-refractivity contribution >= 4 is 50.7 Å². The average Bonchev–Trinajstić information content (AvgIpc) is 3.05. The predicted octanol–water partition coefficient (Wildman–Crippen LogP) is 7.07. The average molecular weight is 727 g/mol. The quantitative estimate of drug-likeness (QED) is 0.158.